The van der Waals surface area contributed by atoms with Gasteiger partial charge in [-0.15, -0.1) is 10.2 Å². The lowest BCUT2D eigenvalue weighted by atomic mass is 10.1. The first kappa shape index (κ1) is 19.1. The molecule has 0 aliphatic carbocycles. The number of para-hydroxylation sites is 1. The largest absolute Gasteiger partial charge is 0.325 e. The van der Waals surface area contributed by atoms with Crippen LogP contribution < -0.4 is 10.6 Å². The minimum atomic E-state index is -0.236. The average molecular weight is 399 g/mol. The van der Waals surface area contributed by atoms with E-state index < -0.39 is 0 Å². The zero-order chi connectivity index (χ0) is 19.2. The highest BCUT2D eigenvalue weighted by atomic mass is 32.2. The molecule has 27 heavy (non-hydrogen) atoms. The van der Waals surface area contributed by atoms with Gasteiger partial charge in [0.05, 0.1) is 5.75 Å². The summed E-state index contributed by atoms with van der Waals surface area (Å²) < 4.78 is 0.620. The Bertz CT molecular complexity index is 954. The molecule has 138 valence electrons. The molecular formula is C19H18N4O2S2. The van der Waals surface area contributed by atoms with Crippen molar-refractivity contribution in [3.63, 3.8) is 0 Å². The first-order chi connectivity index (χ1) is 13.0. The number of aromatic nitrogens is 2. The number of hydrogen-bond acceptors (Lipinski definition) is 6. The molecule has 1 heterocycles. The smallest absolute Gasteiger partial charge is 0.257 e. The third-order valence-electron chi connectivity index (χ3n) is 3.69. The molecule has 0 fully saturated rings. The molecule has 0 saturated carbocycles. The summed E-state index contributed by atoms with van der Waals surface area (Å²) in [4.78, 5) is 24.3. The van der Waals surface area contributed by atoms with Crippen molar-refractivity contribution in [2.24, 2.45) is 0 Å². The van der Waals surface area contributed by atoms with Gasteiger partial charge in [0.2, 0.25) is 11.0 Å². The van der Waals surface area contributed by atoms with Gasteiger partial charge in [-0.25, -0.2) is 0 Å². The summed E-state index contributed by atoms with van der Waals surface area (Å²) in [6.07, 6.45) is 0. The first-order valence-corrected chi connectivity index (χ1v) is 10.0. The molecular weight excluding hydrogens is 380 g/mol. The summed E-state index contributed by atoms with van der Waals surface area (Å²) in [7, 11) is 0. The molecule has 0 atom stereocenters. The van der Waals surface area contributed by atoms with E-state index in [1.54, 1.807) is 12.1 Å². The second-order valence-corrected chi connectivity index (χ2v) is 8.05. The molecule has 3 aromatic rings. The number of nitrogens with zero attached hydrogens (tertiary/aromatic N) is 2. The van der Waals surface area contributed by atoms with Crippen molar-refractivity contribution in [2.75, 3.05) is 16.4 Å². The molecule has 0 spiro atoms. The third kappa shape index (κ3) is 5.38. The van der Waals surface area contributed by atoms with E-state index in [4.69, 9.17) is 0 Å². The summed E-state index contributed by atoms with van der Waals surface area (Å²) in [6, 6.07) is 14.9. The van der Waals surface area contributed by atoms with Crippen molar-refractivity contribution in [1.82, 2.24) is 10.2 Å². The Morgan fingerprint density at radius 2 is 1.74 bits per heavy atom. The normalized spacial score (nSPS) is 10.4. The highest BCUT2D eigenvalue weighted by Gasteiger charge is 2.12. The number of amides is 2. The van der Waals surface area contributed by atoms with E-state index in [0.29, 0.717) is 15.0 Å². The summed E-state index contributed by atoms with van der Waals surface area (Å²) in [6.45, 7) is 3.90. The lowest BCUT2D eigenvalue weighted by Crippen LogP contribution is -2.14. The quantitative estimate of drug-likeness (QED) is 0.482. The van der Waals surface area contributed by atoms with Crippen molar-refractivity contribution in [1.29, 1.82) is 0 Å². The number of aryl methyl sites for hydroxylation is 2. The van der Waals surface area contributed by atoms with Gasteiger partial charge >= 0.3 is 0 Å². The van der Waals surface area contributed by atoms with E-state index in [2.05, 4.69) is 20.8 Å². The maximum Gasteiger partial charge on any atom is 0.257 e. The zero-order valence-electron chi connectivity index (χ0n) is 14.9. The molecule has 6 nitrogen and oxygen atoms in total. The number of hydrogen-bond donors (Lipinski definition) is 2. The van der Waals surface area contributed by atoms with Crippen molar-refractivity contribution >= 4 is 45.7 Å². The SMILES string of the molecule is Cc1ccc(C(=O)Nc2nnc(SCC(=O)Nc3ccccc3C)s2)cc1. The minimum Gasteiger partial charge on any atom is -0.325 e. The fraction of sp³-hybridized carbons (Fsp3) is 0.158. The predicted molar refractivity (Wildman–Crippen MR) is 110 cm³/mol. The van der Waals surface area contributed by atoms with E-state index in [-0.39, 0.29) is 17.6 Å². The molecule has 8 heteroatoms. The Kier molecular flexibility index (Phi) is 6.20. The van der Waals surface area contributed by atoms with Crippen LogP contribution in [-0.2, 0) is 4.79 Å². The zero-order valence-corrected chi connectivity index (χ0v) is 16.5. The fourth-order valence-corrected chi connectivity index (χ4v) is 3.77. The van der Waals surface area contributed by atoms with Gasteiger partial charge in [-0.3, -0.25) is 14.9 Å². The maximum atomic E-state index is 12.2. The van der Waals surface area contributed by atoms with Crippen LogP contribution >= 0.6 is 23.1 Å². The highest BCUT2D eigenvalue weighted by molar-refractivity contribution is 8.01. The van der Waals surface area contributed by atoms with Crippen molar-refractivity contribution in [3.8, 4) is 0 Å². The van der Waals surface area contributed by atoms with E-state index in [1.807, 2.05) is 50.2 Å². The number of thioether (sulfide) groups is 1. The number of carbonyl (C=O) groups excluding carboxylic acids is 2. The van der Waals surface area contributed by atoms with E-state index in [9.17, 15) is 9.59 Å². The van der Waals surface area contributed by atoms with Crippen molar-refractivity contribution in [3.05, 3.63) is 65.2 Å². The van der Waals surface area contributed by atoms with Crippen LogP contribution in [0.4, 0.5) is 10.8 Å². The van der Waals surface area contributed by atoms with Crippen LogP contribution in [0.3, 0.4) is 0 Å². The number of rotatable bonds is 6. The highest BCUT2D eigenvalue weighted by Crippen LogP contribution is 2.26. The summed E-state index contributed by atoms with van der Waals surface area (Å²) in [5, 5.41) is 14.0. The van der Waals surface area contributed by atoms with Gasteiger partial charge in [0, 0.05) is 11.3 Å². The lowest BCUT2D eigenvalue weighted by molar-refractivity contribution is -0.113. The van der Waals surface area contributed by atoms with Crippen LogP contribution in [0.2, 0.25) is 0 Å². The molecule has 0 aliphatic heterocycles. The monoisotopic (exact) mass is 398 g/mol. The molecule has 0 bridgehead atoms. The molecule has 2 amide bonds. The molecule has 3 rings (SSSR count). The van der Waals surface area contributed by atoms with Crippen LogP contribution in [0.5, 0.6) is 0 Å². The van der Waals surface area contributed by atoms with Crippen molar-refractivity contribution < 1.29 is 9.59 Å². The predicted octanol–water partition coefficient (Wildman–Crippen LogP) is 4.14. The molecule has 0 aliphatic rings. The summed E-state index contributed by atoms with van der Waals surface area (Å²) in [5.74, 6) is -0.135. The maximum absolute atomic E-state index is 12.2. The van der Waals surface area contributed by atoms with Gasteiger partial charge in [0.1, 0.15) is 0 Å². The van der Waals surface area contributed by atoms with E-state index in [1.165, 1.54) is 23.1 Å². The Labute approximate surface area is 165 Å². The Morgan fingerprint density at radius 3 is 2.48 bits per heavy atom. The Morgan fingerprint density at radius 1 is 1.00 bits per heavy atom. The molecule has 2 aromatic carbocycles. The van der Waals surface area contributed by atoms with E-state index in [0.717, 1.165) is 16.8 Å². The topological polar surface area (TPSA) is 84.0 Å². The van der Waals surface area contributed by atoms with Crippen LogP contribution in [0.15, 0.2) is 52.9 Å². The fourth-order valence-electron chi connectivity index (χ4n) is 2.22. The first-order valence-electron chi connectivity index (χ1n) is 8.21. The third-order valence-corrected chi connectivity index (χ3v) is 5.66. The molecule has 0 radical (unpaired) electrons. The van der Waals surface area contributed by atoms with Crippen LogP contribution in [0, 0.1) is 13.8 Å². The molecule has 2 N–H and O–H groups in total. The van der Waals surface area contributed by atoms with Gasteiger partial charge in [-0.2, -0.15) is 0 Å². The van der Waals surface area contributed by atoms with Gasteiger partial charge in [0.25, 0.3) is 5.91 Å². The van der Waals surface area contributed by atoms with Crippen LogP contribution in [0.25, 0.3) is 0 Å². The lowest BCUT2D eigenvalue weighted by Gasteiger charge is -2.06. The number of nitrogens with one attached hydrogen (secondary N) is 2. The number of carbonyl (C=O) groups is 2. The Balaban J connectivity index is 1.52. The van der Waals surface area contributed by atoms with Gasteiger partial charge < -0.3 is 5.32 Å². The average Bonchev–Trinajstić information content (AvgIpc) is 3.10. The second kappa shape index (κ2) is 8.79. The van der Waals surface area contributed by atoms with E-state index >= 15 is 0 Å². The molecule has 0 saturated heterocycles. The summed E-state index contributed by atoms with van der Waals surface area (Å²) in [5.41, 5.74) is 3.45. The minimum absolute atomic E-state index is 0.116. The van der Waals surface area contributed by atoms with Crippen LogP contribution in [-0.4, -0.2) is 27.8 Å². The Hall–Kier alpha value is -2.71. The second-order valence-electron chi connectivity index (χ2n) is 5.85. The van der Waals surface area contributed by atoms with Gasteiger partial charge in [-0.05, 0) is 37.6 Å². The number of benzene rings is 2. The van der Waals surface area contributed by atoms with Crippen molar-refractivity contribution in [2.45, 2.75) is 18.2 Å². The standard InChI is InChI=1S/C19H18N4O2S2/c1-12-7-9-14(10-8-12)17(25)21-18-22-23-19(27-18)26-11-16(24)20-15-6-4-3-5-13(15)2/h3-10H,11H2,1-2H3,(H,20,24)(H,21,22,25). The summed E-state index contributed by atoms with van der Waals surface area (Å²) >= 11 is 2.52. The van der Waals surface area contributed by atoms with Gasteiger partial charge in [-0.1, -0.05) is 59.0 Å². The molecule has 1 aromatic heterocycles. The number of anilines is 2. The van der Waals surface area contributed by atoms with Gasteiger partial charge in [0.15, 0.2) is 4.34 Å². The van der Waals surface area contributed by atoms with Crippen LogP contribution in [0.1, 0.15) is 21.5 Å². The molecule has 0 unspecified atom stereocenters.